The molecule has 2 amide bonds. The smallest absolute Gasteiger partial charge is 0.299 e. The van der Waals surface area contributed by atoms with E-state index in [1.165, 1.54) is 0 Å². The highest BCUT2D eigenvalue weighted by Crippen LogP contribution is 2.01. The lowest BCUT2D eigenvalue weighted by Gasteiger charge is -2.06. The third-order valence-corrected chi connectivity index (χ3v) is 4.45. The van der Waals surface area contributed by atoms with Gasteiger partial charge in [0.15, 0.2) is 0 Å². The summed E-state index contributed by atoms with van der Waals surface area (Å²) in [5.41, 5.74) is 13.7. The van der Waals surface area contributed by atoms with Gasteiger partial charge in [-0.3, -0.25) is 28.6 Å². The molecule has 0 fully saturated rings. The number of nitrogens with zero attached hydrogens (tertiary/aromatic N) is 2. The Kier molecular flexibility index (Phi) is 17.8. The summed E-state index contributed by atoms with van der Waals surface area (Å²) in [5.74, 6) is 0.934. The standard InChI is InChI=1S/2C13H19N3O.H2O4S/c2*1-10(2)8-12(17)16-13(14)15-9-11-6-4-3-5-7-11;1-5(2,3)4/h2*3-7,10H,8-9H2,1-2H3,(H3,14,15,16,17);(H2,1,2,3,4). The molecule has 2 rings (SSSR count). The largest absolute Gasteiger partial charge is 0.759 e. The molecule has 0 saturated heterocycles. The van der Waals surface area contributed by atoms with Gasteiger partial charge in [-0.05, 0) is 11.8 Å². The van der Waals surface area contributed by atoms with E-state index in [4.69, 9.17) is 29.0 Å². The summed E-state index contributed by atoms with van der Waals surface area (Å²) in [6.45, 7) is 9.33. The van der Waals surface area contributed by atoms with E-state index in [0.717, 1.165) is 11.1 Å². The Hall–Kier alpha value is -3.49. The van der Waals surface area contributed by atoms with Crippen LogP contribution in [0.4, 0.5) is 0 Å². The highest BCUT2D eigenvalue weighted by molar-refractivity contribution is 7.79. The maximum absolute atomic E-state index is 11.4. The summed E-state index contributed by atoms with van der Waals surface area (Å²) in [5, 5.41) is 3.54. The molecular weight excluding hydrogens is 524 g/mol. The van der Waals surface area contributed by atoms with Gasteiger partial charge in [0.2, 0.25) is 0 Å². The van der Waals surface area contributed by atoms with Gasteiger partial charge in [0.1, 0.15) is 13.1 Å². The Morgan fingerprint density at radius 3 is 1.26 bits per heavy atom. The Morgan fingerprint density at radius 2 is 1.00 bits per heavy atom. The van der Waals surface area contributed by atoms with Crippen LogP contribution in [0.5, 0.6) is 0 Å². The van der Waals surface area contributed by atoms with Gasteiger partial charge >= 0.3 is 0 Å². The van der Waals surface area contributed by atoms with Crippen molar-refractivity contribution >= 4 is 34.1 Å². The highest BCUT2D eigenvalue weighted by Gasteiger charge is 2.07. The summed E-state index contributed by atoms with van der Waals surface area (Å²) >= 11 is 0. The Labute approximate surface area is 230 Å². The molecule has 2 aromatic carbocycles. The zero-order valence-electron chi connectivity index (χ0n) is 22.8. The number of hydrogen-bond donors (Lipinski definition) is 4. The van der Waals surface area contributed by atoms with Gasteiger partial charge in [0, 0.05) is 34.4 Å². The maximum atomic E-state index is 11.4. The van der Waals surface area contributed by atoms with Crippen LogP contribution in [-0.2, 0) is 33.1 Å². The summed E-state index contributed by atoms with van der Waals surface area (Å²) in [6.07, 6.45) is 0.889. The summed E-state index contributed by atoms with van der Waals surface area (Å²) < 4.78 is 34.1. The van der Waals surface area contributed by atoms with E-state index in [2.05, 4.69) is 9.98 Å². The second kappa shape index (κ2) is 19.6. The fourth-order valence-corrected chi connectivity index (χ4v) is 2.84. The molecule has 2 aromatic rings. The van der Waals surface area contributed by atoms with Crippen molar-refractivity contribution in [2.24, 2.45) is 33.3 Å². The number of carbonyl (C=O) groups excluding carboxylic acids is 2. The van der Waals surface area contributed by atoms with Gasteiger partial charge in [-0.1, -0.05) is 88.4 Å². The number of rotatable bonds is 8. The molecule has 0 aliphatic heterocycles. The van der Waals surface area contributed by atoms with E-state index in [0.29, 0.717) is 49.7 Å². The molecule has 0 heterocycles. The van der Waals surface area contributed by atoms with Crippen molar-refractivity contribution in [1.82, 2.24) is 0 Å². The van der Waals surface area contributed by atoms with E-state index >= 15 is 0 Å². The van der Waals surface area contributed by atoms with Crippen LogP contribution in [0.15, 0.2) is 70.6 Å². The highest BCUT2D eigenvalue weighted by atomic mass is 32.3. The quantitative estimate of drug-likeness (QED) is 0.147. The van der Waals surface area contributed by atoms with E-state index in [9.17, 15) is 9.59 Å². The van der Waals surface area contributed by atoms with Gasteiger partial charge < -0.3 is 20.6 Å². The Bertz CT molecular complexity index is 1070. The first-order valence-electron chi connectivity index (χ1n) is 12.3. The number of benzene rings is 2. The van der Waals surface area contributed by atoms with Gasteiger partial charge in [-0.15, -0.1) is 9.98 Å². The molecule has 0 aliphatic rings. The van der Waals surface area contributed by atoms with E-state index in [1.54, 1.807) is 10.6 Å². The lowest BCUT2D eigenvalue weighted by Crippen LogP contribution is -2.89. The summed E-state index contributed by atoms with van der Waals surface area (Å²) in [6, 6.07) is 19.9. The molecule has 12 nitrogen and oxygen atoms in total. The van der Waals surface area contributed by atoms with E-state index in [1.807, 2.05) is 88.4 Å². The number of guanidine groups is 2. The van der Waals surface area contributed by atoms with Crippen LogP contribution in [0.1, 0.15) is 51.7 Å². The van der Waals surface area contributed by atoms with E-state index < -0.39 is 10.4 Å². The van der Waals surface area contributed by atoms with Gasteiger partial charge in [-0.2, -0.15) is 0 Å². The molecule has 0 bridgehead atoms. The van der Waals surface area contributed by atoms with Crippen molar-refractivity contribution in [3.05, 3.63) is 71.8 Å². The molecule has 216 valence electrons. The molecule has 0 spiro atoms. The lowest BCUT2D eigenvalue weighted by atomic mass is 10.1. The minimum absolute atomic E-state index is 0.151. The van der Waals surface area contributed by atoms with Crippen molar-refractivity contribution in [1.29, 1.82) is 0 Å². The first-order valence-corrected chi connectivity index (χ1v) is 13.6. The number of hydrogen-bond acceptors (Lipinski definition) is 6. The molecule has 0 aliphatic carbocycles. The maximum Gasteiger partial charge on any atom is 0.299 e. The fourth-order valence-electron chi connectivity index (χ4n) is 2.84. The predicted octanol–water partition coefficient (Wildman–Crippen LogP) is -0.0632. The topological polar surface area (TPSA) is 224 Å². The first kappa shape index (κ1) is 35.5. The summed E-state index contributed by atoms with van der Waals surface area (Å²) in [4.78, 5) is 30.4. The lowest BCUT2D eigenvalue weighted by molar-refractivity contribution is -0.559. The van der Waals surface area contributed by atoms with E-state index in [-0.39, 0.29) is 11.8 Å². The van der Waals surface area contributed by atoms with Crippen LogP contribution >= 0.6 is 0 Å². The molecule has 8 N–H and O–H groups in total. The number of nitrogens with two attached hydrogens (primary N) is 4. The zero-order valence-corrected chi connectivity index (χ0v) is 23.6. The second-order valence-electron chi connectivity index (χ2n) is 9.25. The van der Waals surface area contributed by atoms with Crippen LogP contribution in [0.3, 0.4) is 0 Å². The van der Waals surface area contributed by atoms with Gasteiger partial charge in [0.25, 0.3) is 23.7 Å². The van der Waals surface area contributed by atoms with Crippen molar-refractivity contribution in [3.63, 3.8) is 0 Å². The van der Waals surface area contributed by atoms with Crippen molar-refractivity contribution in [2.45, 2.75) is 53.6 Å². The molecular formula is C26H40N6O6S. The normalized spacial score (nSPS) is 11.8. The minimum atomic E-state index is -5.17. The van der Waals surface area contributed by atoms with Crippen LogP contribution in [-0.4, -0.2) is 41.3 Å². The molecule has 0 saturated carbocycles. The fraction of sp³-hybridized carbons (Fsp3) is 0.385. The van der Waals surface area contributed by atoms with Crippen molar-refractivity contribution in [3.8, 4) is 0 Å². The van der Waals surface area contributed by atoms with Crippen molar-refractivity contribution < 1.29 is 37.7 Å². The number of aliphatic imine (C=N–C) groups is 2. The van der Waals surface area contributed by atoms with Gasteiger partial charge in [-0.25, -0.2) is 0 Å². The molecule has 39 heavy (non-hydrogen) atoms. The molecule has 0 radical (unpaired) electrons. The van der Waals surface area contributed by atoms with Crippen LogP contribution in [0.2, 0.25) is 0 Å². The minimum Gasteiger partial charge on any atom is -0.759 e. The SMILES string of the molecule is CC(C)CC(=O)N=C(N)[NH2+]Cc1ccccc1.CC(C)CC(=O)N=C(N)[NH2+]Cc1ccccc1.O=S(=O)([O-])[O-]. The third kappa shape index (κ3) is 24.6. The monoisotopic (exact) mass is 564 g/mol. The number of carbonyl (C=O) groups is 2. The van der Waals surface area contributed by atoms with Crippen molar-refractivity contribution in [2.75, 3.05) is 0 Å². The Morgan fingerprint density at radius 1 is 0.718 bits per heavy atom. The first-order chi connectivity index (χ1) is 18.2. The van der Waals surface area contributed by atoms with Crippen LogP contribution < -0.4 is 22.1 Å². The third-order valence-electron chi connectivity index (χ3n) is 4.45. The Balaban J connectivity index is 0.000000632. The number of amides is 2. The molecule has 0 aromatic heterocycles. The average Bonchev–Trinajstić information content (AvgIpc) is 2.81. The zero-order chi connectivity index (χ0) is 29.8. The van der Waals surface area contributed by atoms with Crippen LogP contribution in [0, 0.1) is 11.8 Å². The van der Waals surface area contributed by atoms with Gasteiger partial charge in [0.05, 0.1) is 0 Å². The second-order valence-corrected chi connectivity index (χ2v) is 10.1. The van der Waals surface area contributed by atoms with Crippen LogP contribution in [0.25, 0.3) is 0 Å². The average molecular weight is 565 g/mol. The molecule has 0 atom stereocenters. The number of quaternary nitrogens is 2. The molecule has 0 unspecified atom stereocenters. The summed E-state index contributed by atoms with van der Waals surface area (Å²) in [7, 11) is -5.17. The molecule has 13 heteroatoms. The predicted molar refractivity (Wildman–Crippen MR) is 147 cm³/mol.